The fourth-order valence-electron chi connectivity index (χ4n) is 1.72. The van der Waals surface area contributed by atoms with Gasteiger partial charge in [0.2, 0.25) is 0 Å². The normalized spacial score (nSPS) is 16.0. The number of hydrogen-bond donors (Lipinski definition) is 1. The maximum Gasteiger partial charge on any atom is 0.286 e. The van der Waals surface area contributed by atoms with Crippen LogP contribution >= 0.6 is 11.8 Å². The fraction of sp³-hybridized carbons (Fsp3) is 0.167. The summed E-state index contributed by atoms with van der Waals surface area (Å²) in [6.07, 6.45) is 1.36. The third-order valence-electron chi connectivity index (χ3n) is 2.65. The first-order valence-corrected chi connectivity index (χ1v) is 6.46. The van der Waals surface area contributed by atoms with Crippen molar-refractivity contribution in [3.63, 3.8) is 0 Å². The van der Waals surface area contributed by atoms with Crippen molar-refractivity contribution < 1.29 is 19.2 Å². The molecule has 0 bridgehead atoms. The van der Waals surface area contributed by atoms with Crippen LogP contribution in [-0.4, -0.2) is 30.2 Å². The number of carbonyl (C=O) groups is 1. The van der Waals surface area contributed by atoms with Crippen LogP contribution in [0.15, 0.2) is 22.0 Å². The van der Waals surface area contributed by atoms with E-state index in [4.69, 9.17) is 15.2 Å². The van der Waals surface area contributed by atoms with Crippen LogP contribution in [0, 0.1) is 10.1 Å². The summed E-state index contributed by atoms with van der Waals surface area (Å²) < 4.78 is 10.1. The topological polar surface area (TPSA) is 117 Å². The molecule has 110 valence electrons. The minimum absolute atomic E-state index is 0.106. The molecule has 1 amide bonds. The largest absolute Gasteiger partial charge is 0.493 e. The molecule has 0 atom stereocenters. The molecular formula is C12H11N3O5S. The van der Waals surface area contributed by atoms with Crippen molar-refractivity contribution in [2.45, 2.75) is 0 Å². The van der Waals surface area contributed by atoms with Crippen LogP contribution in [0.2, 0.25) is 0 Å². The number of rotatable bonds is 4. The van der Waals surface area contributed by atoms with Gasteiger partial charge in [0.15, 0.2) is 16.7 Å². The molecule has 0 spiro atoms. The molecular weight excluding hydrogens is 298 g/mol. The van der Waals surface area contributed by atoms with E-state index in [1.807, 2.05) is 0 Å². The summed E-state index contributed by atoms with van der Waals surface area (Å²) in [4.78, 5) is 25.9. The highest BCUT2D eigenvalue weighted by molar-refractivity contribution is 8.18. The Kier molecular flexibility index (Phi) is 4.13. The molecule has 0 aliphatic carbocycles. The summed E-state index contributed by atoms with van der Waals surface area (Å²) in [5.74, 6) is 0.0217. The molecule has 1 heterocycles. The van der Waals surface area contributed by atoms with Gasteiger partial charge in [-0.3, -0.25) is 14.9 Å². The molecule has 1 aliphatic rings. The Morgan fingerprint density at radius 3 is 2.43 bits per heavy atom. The highest BCUT2D eigenvalue weighted by Gasteiger charge is 2.23. The number of nitro benzene ring substituents is 1. The van der Waals surface area contributed by atoms with E-state index in [0.29, 0.717) is 5.75 Å². The van der Waals surface area contributed by atoms with Gasteiger partial charge in [0.25, 0.3) is 11.6 Å². The molecule has 0 saturated carbocycles. The minimum atomic E-state index is -0.567. The number of carbonyl (C=O) groups excluding carboxylic acids is 1. The van der Waals surface area contributed by atoms with Gasteiger partial charge in [0.1, 0.15) is 0 Å². The van der Waals surface area contributed by atoms with Crippen LogP contribution in [0.3, 0.4) is 0 Å². The molecule has 1 aromatic rings. The first kappa shape index (κ1) is 14.9. The molecule has 2 N–H and O–H groups in total. The van der Waals surface area contributed by atoms with Crippen molar-refractivity contribution >= 4 is 34.6 Å². The van der Waals surface area contributed by atoms with Gasteiger partial charge in [0.05, 0.1) is 35.7 Å². The molecule has 1 aromatic carbocycles. The summed E-state index contributed by atoms with van der Waals surface area (Å²) in [5.41, 5.74) is 5.44. The monoisotopic (exact) mass is 309 g/mol. The lowest BCUT2D eigenvalue weighted by atomic mass is 10.1. The SMILES string of the molecule is COc1cc(/C=C2/SC(N)=NC2=O)c([N+](=O)[O-])cc1OC. The van der Waals surface area contributed by atoms with Gasteiger partial charge in [-0.25, -0.2) is 0 Å². The number of hydrogen-bond acceptors (Lipinski definition) is 7. The average molecular weight is 309 g/mol. The zero-order valence-electron chi connectivity index (χ0n) is 11.2. The third kappa shape index (κ3) is 2.97. The Labute approximate surface area is 123 Å². The average Bonchev–Trinajstić information content (AvgIpc) is 2.76. The molecule has 21 heavy (non-hydrogen) atoms. The number of ether oxygens (including phenoxy) is 2. The van der Waals surface area contributed by atoms with Crippen molar-refractivity contribution in [1.29, 1.82) is 0 Å². The maximum absolute atomic E-state index is 11.6. The molecule has 0 saturated heterocycles. The summed E-state index contributed by atoms with van der Waals surface area (Å²) >= 11 is 0.957. The van der Waals surface area contributed by atoms with Gasteiger partial charge in [-0.1, -0.05) is 0 Å². The number of amides is 1. The van der Waals surface area contributed by atoms with Crippen molar-refractivity contribution in [3.8, 4) is 11.5 Å². The van der Waals surface area contributed by atoms with E-state index in [1.54, 1.807) is 0 Å². The van der Waals surface area contributed by atoms with E-state index in [9.17, 15) is 14.9 Å². The summed E-state index contributed by atoms with van der Waals surface area (Å²) in [6, 6.07) is 2.66. The van der Waals surface area contributed by atoms with Crippen LogP contribution in [0.25, 0.3) is 6.08 Å². The van der Waals surface area contributed by atoms with Gasteiger partial charge in [-0.05, 0) is 23.9 Å². The van der Waals surface area contributed by atoms with E-state index < -0.39 is 10.8 Å². The van der Waals surface area contributed by atoms with Crippen molar-refractivity contribution in [1.82, 2.24) is 0 Å². The highest BCUT2D eigenvalue weighted by atomic mass is 32.2. The predicted molar refractivity (Wildman–Crippen MR) is 78.4 cm³/mol. The van der Waals surface area contributed by atoms with Gasteiger partial charge in [0, 0.05) is 0 Å². The standard InChI is InChI=1S/C12H11N3O5S/c1-19-8-3-6(4-10-11(16)14-12(13)21-10)7(15(17)18)5-9(8)20-2/h3-5H,1-2H3,(H2,13,14,16)/b10-4+. The van der Waals surface area contributed by atoms with Crippen molar-refractivity contribution in [2.24, 2.45) is 10.7 Å². The van der Waals surface area contributed by atoms with Crippen LogP contribution in [0.1, 0.15) is 5.56 Å². The molecule has 0 unspecified atom stereocenters. The number of benzene rings is 1. The fourth-order valence-corrected chi connectivity index (χ4v) is 2.40. The lowest BCUT2D eigenvalue weighted by Crippen LogP contribution is -2.01. The second-order valence-corrected chi connectivity index (χ2v) is 4.95. The number of nitrogens with two attached hydrogens (primary N) is 1. The molecule has 2 rings (SSSR count). The van der Waals surface area contributed by atoms with Gasteiger partial charge >= 0.3 is 0 Å². The quantitative estimate of drug-likeness (QED) is 0.509. The predicted octanol–water partition coefficient (Wildman–Crippen LogP) is 1.54. The molecule has 0 fully saturated rings. The molecule has 8 nitrogen and oxygen atoms in total. The van der Waals surface area contributed by atoms with Gasteiger partial charge in [-0.2, -0.15) is 4.99 Å². The van der Waals surface area contributed by atoms with E-state index in [1.165, 1.54) is 32.4 Å². The molecule has 0 aromatic heterocycles. The lowest BCUT2D eigenvalue weighted by molar-refractivity contribution is -0.385. The summed E-state index contributed by atoms with van der Waals surface area (Å²) in [6.45, 7) is 0. The number of nitro groups is 1. The third-order valence-corrected chi connectivity index (χ3v) is 3.47. The Morgan fingerprint density at radius 1 is 1.33 bits per heavy atom. The van der Waals surface area contributed by atoms with Crippen LogP contribution in [-0.2, 0) is 4.79 Å². The molecule has 9 heteroatoms. The molecule has 1 aliphatic heterocycles. The number of methoxy groups -OCH3 is 2. The number of aliphatic imine (C=N–C) groups is 1. The highest BCUT2D eigenvalue weighted by Crippen LogP contribution is 2.37. The zero-order valence-corrected chi connectivity index (χ0v) is 12.0. The Bertz CT molecular complexity index is 684. The van der Waals surface area contributed by atoms with Gasteiger partial charge < -0.3 is 15.2 Å². The Morgan fingerprint density at radius 2 is 1.95 bits per heavy atom. The minimum Gasteiger partial charge on any atom is -0.493 e. The smallest absolute Gasteiger partial charge is 0.286 e. The van der Waals surface area contributed by atoms with E-state index in [2.05, 4.69) is 4.99 Å². The lowest BCUT2D eigenvalue weighted by Gasteiger charge is -2.09. The van der Waals surface area contributed by atoms with Gasteiger partial charge in [-0.15, -0.1) is 0 Å². The first-order valence-electron chi connectivity index (χ1n) is 5.64. The Hall–Kier alpha value is -2.55. The van der Waals surface area contributed by atoms with Crippen molar-refractivity contribution in [2.75, 3.05) is 14.2 Å². The van der Waals surface area contributed by atoms with E-state index >= 15 is 0 Å². The zero-order chi connectivity index (χ0) is 15.6. The summed E-state index contributed by atoms with van der Waals surface area (Å²) in [5, 5.41) is 11.2. The number of nitrogens with zero attached hydrogens (tertiary/aromatic N) is 2. The number of thioether (sulfide) groups is 1. The first-order chi connectivity index (χ1) is 9.96. The second kappa shape index (κ2) is 5.83. The van der Waals surface area contributed by atoms with E-state index in [-0.39, 0.29) is 27.1 Å². The Balaban J connectivity index is 2.55. The molecule has 0 radical (unpaired) electrons. The second-order valence-electron chi connectivity index (χ2n) is 3.89. The maximum atomic E-state index is 11.6. The van der Waals surface area contributed by atoms with Crippen LogP contribution < -0.4 is 15.2 Å². The van der Waals surface area contributed by atoms with E-state index in [0.717, 1.165) is 11.8 Å². The number of amidine groups is 1. The summed E-state index contributed by atoms with van der Waals surface area (Å²) in [7, 11) is 2.79. The van der Waals surface area contributed by atoms with Crippen LogP contribution in [0.4, 0.5) is 5.69 Å². The van der Waals surface area contributed by atoms with Crippen molar-refractivity contribution in [3.05, 3.63) is 32.7 Å². The van der Waals surface area contributed by atoms with Crippen LogP contribution in [0.5, 0.6) is 11.5 Å².